The van der Waals surface area contributed by atoms with E-state index < -0.39 is 0 Å². The number of rotatable bonds is 5. The third-order valence-electron chi connectivity index (χ3n) is 6.10. The SMILES string of the molecule is O=C(C[NH+]1CCC[C@H]1c1nc2ccccc2s1)Nc1ccc(N2CCCC2)cc1. The van der Waals surface area contributed by atoms with Gasteiger partial charge in [-0.15, -0.1) is 11.3 Å². The highest BCUT2D eigenvalue weighted by atomic mass is 32.1. The van der Waals surface area contributed by atoms with Crippen LogP contribution in [-0.2, 0) is 4.79 Å². The van der Waals surface area contributed by atoms with E-state index in [1.807, 2.05) is 18.2 Å². The van der Waals surface area contributed by atoms with E-state index in [1.165, 1.54) is 33.1 Å². The number of nitrogens with one attached hydrogen (secondary N) is 2. The number of anilines is 2. The van der Waals surface area contributed by atoms with Gasteiger partial charge in [-0.3, -0.25) is 4.79 Å². The van der Waals surface area contributed by atoms with Gasteiger partial charge in [-0.05, 0) is 49.2 Å². The van der Waals surface area contributed by atoms with Crippen molar-refractivity contribution in [2.75, 3.05) is 36.4 Å². The highest BCUT2D eigenvalue weighted by Gasteiger charge is 2.34. The van der Waals surface area contributed by atoms with Gasteiger partial charge in [0.05, 0.1) is 16.8 Å². The number of likely N-dealkylation sites (tertiary alicyclic amines) is 1. The lowest BCUT2D eigenvalue weighted by Gasteiger charge is -2.20. The van der Waals surface area contributed by atoms with Crippen LogP contribution in [0.25, 0.3) is 10.2 Å². The van der Waals surface area contributed by atoms with Crippen molar-refractivity contribution in [3.63, 3.8) is 0 Å². The van der Waals surface area contributed by atoms with Crippen LogP contribution in [0.2, 0.25) is 0 Å². The first kappa shape index (κ1) is 18.6. The molecule has 150 valence electrons. The number of carbonyl (C=O) groups is 1. The maximum absolute atomic E-state index is 12.7. The average Bonchev–Trinajstić information content (AvgIpc) is 3.48. The van der Waals surface area contributed by atoms with E-state index in [2.05, 4.69) is 40.5 Å². The Kier molecular flexibility index (Phi) is 5.21. The van der Waals surface area contributed by atoms with Crippen molar-refractivity contribution in [2.45, 2.75) is 31.7 Å². The maximum atomic E-state index is 12.7. The smallest absolute Gasteiger partial charge is 0.279 e. The predicted molar refractivity (Wildman–Crippen MR) is 119 cm³/mol. The van der Waals surface area contributed by atoms with Crippen LogP contribution in [0.4, 0.5) is 11.4 Å². The molecule has 0 radical (unpaired) electrons. The van der Waals surface area contributed by atoms with Crippen LogP contribution in [0.3, 0.4) is 0 Å². The molecule has 0 aliphatic carbocycles. The van der Waals surface area contributed by atoms with E-state index in [9.17, 15) is 4.79 Å². The van der Waals surface area contributed by atoms with E-state index in [4.69, 9.17) is 4.98 Å². The Hall–Kier alpha value is -2.44. The third kappa shape index (κ3) is 4.00. The monoisotopic (exact) mass is 407 g/mol. The third-order valence-corrected chi connectivity index (χ3v) is 7.25. The minimum Gasteiger partial charge on any atom is -0.372 e. The number of amides is 1. The van der Waals surface area contributed by atoms with Gasteiger partial charge in [0, 0.05) is 37.3 Å². The first-order valence-electron chi connectivity index (χ1n) is 10.6. The molecule has 6 heteroatoms. The van der Waals surface area contributed by atoms with Gasteiger partial charge in [0.2, 0.25) is 0 Å². The number of nitrogens with zero attached hydrogens (tertiary/aromatic N) is 2. The van der Waals surface area contributed by atoms with Crippen molar-refractivity contribution in [3.05, 3.63) is 53.5 Å². The fraction of sp³-hybridized carbons (Fsp3) is 0.391. The fourth-order valence-electron chi connectivity index (χ4n) is 4.60. The molecule has 1 aromatic heterocycles. The van der Waals surface area contributed by atoms with Gasteiger partial charge in [0.1, 0.15) is 6.04 Å². The Balaban J connectivity index is 1.22. The normalized spacial score (nSPS) is 21.7. The van der Waals surface area contributed by atoms with Crippen LogP contribution >= 0.6 is 11.3 Å². The van der Waals surface area contributed by atoms with Gasteiger partial charge in [-0.25, -0.2) is 4.98 Å². The lowest BCUT2D eigenvalue weighted by molar-refractivity contribution is -0.910. The number of aromatic nitrogens is 1. The lowest BCUT2D eigenvalue weighted by atomic mass is 10.2. The van der Waals surface area contributed by atoms with Gasteiger partial charge in [-0.1, -0.05) is 12.1 Å². The molecule has 2 atom stereocenters. The molecule has 2 fully saturated rings. The summed E-state index contributed by atoms with van der Waals surface area (Å²) < 4.78 is 1.23. The molecule has 0 spiro atoms. The van der Waals surface area contributed by atoms with E-state index in [1.54, 1.807) is 11.3 Å². The molecule has 5 rings (SSSR count). The molecule has 0 bridgehead atoms. The summed E-state index contributed by atoms with van der Waals surface area (Å²) in [5, 5.41) is 4.26. The Morgan fingerprint density at radius 2 is 1.90 bits per heavy atom. The first-order chi connectivity index (χ1) is 14.3. The number of hydrogen-bond acceptors (Lipinski definition) is 4. The molecule has 2 aliphatic rings. The Bertz CT molecular complexity index is 961. The zero-order chi connectivity index (χ0) is 19.6. The van der Waals surface area contributed by atoms with Crippen LogP contribution in [-0.4, -0.2) is 37.1 Å². The number of quaternary nitrogens is 1. The van der Waals surface area contributed by atoms with Crippen LogP contribution in [0.5, 0.6) is 0 Å². The molecule has 1 unspecified atom stereocenters. The van der Waals surface area contributed by atoms with Gasteiger partial charge in [0.15, 0.2) is 11.6 Å². The molecule has 3 aromatic rings. The second-order valence-electron chi connectivity index (χ2n) is 8.09. The van der Waals surface area contributed by atoms with Crippen molar-refractivity contribution in [1.29, 1.82) is 0 Å². The topological polar surface area (TPSA) is 49.7 Å². The van der Waals surface area contributed by atoms with Crippen molar-refractivity contribution in [2.24, 2.45) is 0 Å². The van der Waals surface area contributed by atoms with Gasteiger partial charge in [0.25, 0.3) is 5.91 Å². The molecule has 29 heavy (non-hydrogen) atoms. The fourth-order valence-corrected chi connectivity index (χ4v) is 5.76. The molecule has 2 aliphatic heterocycles. The van der Waals surface area contributed by atoms with Gasteiger partial charge < -0.3 is 15.1 Å². The molecule has 1 amide bonds. The number of benzene rings is 2. The summed E-state index contributed by atoms with van der Waals surface area (Å²) >= 11 is 1.77. The predicted octanol–water partition coefficient (Wildman–Crippen LogP) is 3.26. The number of hydrogen-bond donors (Lipinski definition) is 2. The summed E-state index contributed by atoms with van der Waals surface area (Å²) in [6, 6.07) is 16.9. The Morgan fingerprint density at radius 3 is 2.69 bits per heavy atom. The zero-order valence-electron chi connectivity index (χ0n) is 16.6. The van der Waals surface area contributed by atoms with E-state index in [0.717, 1.165) is 43.7 Å². The van der Waals surface area contributed by atoms with E-state index >= 15 is 0 Å². The average molecular weight is 408 g/mol. The summed E-state index contributed by atoms with van der Waals surface area (Å²) in [6.45, 7) is 3.80. The molecule has 2 aromatic carbocycles. The second kappa shape index (κ2) is 8.13. The number of para-hydroxylation sites is 1. The van der Waals surface area contributed by atoms with Crippen molar-refractivity contribution in [3.8, 4) is 0 Å². The second-order valence-corrected chi connectivity index (χ2v) is 9.15. The zero-order valence-corrected chi connectivity index (χ0v) is 17.4. The minimum atomic E-state index is 0.0851. The minimum absolute atomic E-state index is 0.0851. The molecule has 2 saturated heterocycles. The molecular formula is C23H27N4OS+. The summed E-state index contributed by atoms with van der Waals surface area (Å²) in [4.78, 5) is 21.3. The van der Waals surface area contributed by atoms with Crippen molar-refractivity contribution < 1.29 is 9.69 Å². The Labute approximate surface area is 175 Å². The Morgan fingerprint density at radius 1 is 1.10 bits per heavy atom. The summed E-state index contributed by atoms with van der Waals surface area (Å²) in [7, 11) is 0. The summed E-state index contributed by atoms with van der Waals surface area (Å²) in [5.41, 5.74) is 3.20. The molecule has 0 saturated carbocycles. The van der Waals surface area contributed by atoms with Crippen molar-refractivity contribution >= 4 is 38.8 Å². The number of fused-ring (bicyclic) bond motifs is 1. The van der Waals surface area contributed by atoms with Gasteiger partial charge in [-0.2, -0.15) is 0 Å². The van der Waals surface area contributed by atoms with Crippen LogP contribution < -0.4 is 15.1 Å². The quantitative estimate of drug-likeness (QED) is 0.683. The molecule has 2 N–H and O–H groups in total. The number of thiazole rings is 1. The van der Waals surface area contributed by atoms with Crippen LogP contribution in [0, 0.1) is 0 Å². The van der Waals surface area contributed by atoms with Crippen LogP contribution in [0.1, 0.15) is 36.7 Å². The number of carbonyl (C=O) groups excluding carboxylic acids is 1. The van der Waals surface area contributed by atoms with E-state index in [0.29, 0.717) is 12.6 Å². The highest BCUT2D eigenvalue weighted by molar-refractivity contribution is 7.18. The van der Waals surface area contributed by atoms with Crippen molar-refractivity contribution in [1.82, 2.24) is 4.98 Å². The highest BCUT2D eigenvalue weighted by Crippen LogP contribution is 2.28. The molecule has 3 heterocycles. The van der Waals surface area contributed by atoms with E-state index in [-0.39, 0.29) is 5.91 Å². The largest absolute Gasteiger partial charge is 0.372 e. The summed E-state index contributed by atoms with van der Waals surface area (Å²) in [5.74, 6) is 0.0851. The maximum Gasteiger partial charge on any atom is 0.279 e. The standard InChI is InChI=1S/C23H26N4OS/c28-22(24-17-9-11-18(12-10-17)26-13-3-4-14-26)16-27-15-5-7-20(27)23-25-19-6-1-2-8-21(19)29-23/h1-2,6,8-12,20H,3-5,7,13-16H2,(H,24,28)/p+1/t20-/m0/s1. The van der Waals surface area contributed by atoms with Crippen LogP contribution in [0.15, 0.2) is 48.5 Å². The van der Waals surface area contributed by atoms with Gasteiger partial charge >= 0.3 is 0 Å². The first-order valence-corrected chi connectivity index (χ1v) is 11.4. The summed E-state index contributed by atoms with van der Waals surface area (Å²) in [6.07, 6.45) is 4.79. The molecule has 5 nitrogen and oxygen atoms in total. The molecular weight excluding hydrogens is 380 g/mol. The lowest BCUT2D eigenvalue weighted by Crippen LogP contribution is -3.11.